The number of furan rings is 1. The summed E-state index contributed by atoms with van der Waals surface area (Å²) in [5.74, 6) is 0. The Bertz CT molecular complexity index is 3500. The van der Waals surface area contributed by atoms with Crippen LogP contribution in [0.15, 0.2) is 259 Å². The van der Waals surface area contributed by atoms with Gasteiger partial charge in [-0.1, -0.05) is 176 Å². The van der Waals surface area contributed by atoms with Crippen molar-refractivity contribution in [3.63, 3.8) is 0 Å². The third kappa shape index (κ3) is 6.13. The molecule has 0 aliphatic heterocycles. The van der Waals surface area contributed by atoms with Gasteiger partial charge < -0.3 is 13.9 Å². The maximum Gasteiger partial charge on any atom is 0.135 e. The van der Waals surface area contributed by atoms with Crippen LogP contribution in [0.4, 0.5) is 17.1 Å². The minimum Gasteiger partial charge on any atom is -0.456 e. The molecule has 12 aromatic rings. The van der Waals surface area contributed by atoms with Crippen molar-refractivity contribution < 1.29 is 4.42 Å². The van der Waals surface area contributed by atoms with Crippen LogP contribution in [0, 0.1) is 0 Å². The highest BCUT2D eigenvalue weighted by atomic mass is 16.3. The molecule has 0 amide bonds. The summed E-state index contributed by atoms with van der Waals surface area (Å²) in [6.45, 7) is 0. The Balaban J connectivity index is 1.03. The number of fused-ring (bicyclic) bond motifs is 6. The minimum absolute atomic E-state index is 0.552. The standard InChI is InChI=1S/C61H42N2O/c1-5-19-45(20-6-1)61(46-21-7-2-8-22-46,47-23-9-3-10-24-47)48-33-35-50(36-34-48)62(52-37-39-60-56(42-52)54-29-14-16-31-59(54)64-60)51-27-17-18-43(40-51)44-32-38-58-55(41-44)53-28-13-15-30-57(53)63(58)49-25-11-4-12-26-49/h1-42H. The van der Waals surface area contributed by atoms with Crippen molar-refractivity contribution in [3.05, 3.63) is 277 Å². The first-order valence-corrected chi connectivity index (χ1v) is 21.9. The lowest BCUT2D eigenvalue weighted by molar-refractivity contribution is 0.669. The first-order valence-electron chi connectivity index (χ1n) is 21.9. The minimum atomic E-state index is -0.552. The summed E-state index contributed by atoms with van der Waals surface area (Å²) < 4.78 is 8.70. The van der Waals surface area contributed by atoms with Crippen molar-refractivity contribution in [3.8, 4) is 16.8 Å². The third-order valence-corrected chi connectivity index (χ3v) is 12.9. The fourth-order valence-electron chi connectivity index (χ4n) is 10.1. The van der Waals surface area contributed by atoms with Crippen LogP contribution in [0.2, 0.25) is 0 Å². The van der Waals surface area contributed by atoms with E-state index in [2.05, 4.69) is 252 Å². The molecule has 0 unspecified atom stereocenters. The molecule has 10 aromatic carbocycles. The molecule has 0 radical (unpaired) electrons. The van der Waals surface area contributed by atoms with E-state index >= 15 is 0 Å². The van der Waals surface area contributed by atoms with E-state index in [0.29, 0.717) is 0 Å². The molecule has 0 atom stereocenters. The van der Waals surface area contributed by atoms with Gasteiger partial charge in [-0.25, -0.2) is 0 Å². The van der Waals surface area contributed by atoms with Crippen molar-refractivity contribution in [2.45, 2.75) is 5.41 Å². The smallest absolute Gasteiger partial charge is 0.135 e. The molecule has 12 rings (SSSR count). The van der Waals surface area contributed by atoms with Gasteiger partial charge in [0.1, 0.15) is 11.2 Å². The van der Waals surface area contributed by atoms with Crippen molar-refractivity contribution in [2.75, 3.05) is 4.90 Å². The van der Waals surface area contributed by atoms with E-state index in [0.717, 1.165) is 55.8 Å². The second-order valence-electron chi connectivity index (χ2n) is 16.5. The molecule has 3 heteroatoms. The predicted molar refractivity (Wildman–Crippen MR) is 266 cm³/mol. The van der Waals surface area contributed by atoms with Gasteiger partial charge in [0.25, 0.3) is 0 Å². The van der Waals surface area contributed by atoms with E-state index < -0.39 is 5.41 Å². The number of hydrogen-bond donors (Lipinski definition) is 0. The van der Waals surface area contributed by atoms with E-state index in [4.69, 9.17) is 4.42 Å². The number of para-hydroxylation sites is 3. The Morgan fingerprint density at radius 3 is 1.52 bits per heavy atom. The number of nitrogens with zero attached hydrogens (tertiary/aromatic N) is 2. The molecule has 0 bridgehead atoms. The molecule has 0 saturated heterocycles. The highest BCUT2D eigenvalue weighted by Gasteiger charge is 2.38. The van der Waals surface area contributed by atoms with Gasteiger partial charge in [0.05, 0.1) is 16.4 Å². The predicted octanol–water partition coefficient (Wildman–Crippen LogP) is 16.2. The molecule has 64 heavy (non-hydrogen) atoms. The van der Waals surface area contributed by atoms with Gasteiger partial charge in [-0.2, -0.15) is 0 Å². The quantitative estimate of drug-likeness (QED) is 0.135. The molecule has 2 aromatic heterocycles. The Hall–Kier alpha value is -8.40. The lowest BCUT2D eigenvalue weighted by Gasteiger charge is -2.37. The van der Waals surface area contributed by atoms with E-state index in [-0.39, 0.29) is 0 Å². The fraction of sp³-hybridized carbons (Fsp3) is 0.0164. The molecule has 0 N–H and O–H groups in total. The summed E-state index contributed by atoms with van der Waals surface area (Å²) in [7, 11) is 0. The first-order chi connectivity index (χ1) is 31.7. The van der Waals surface area contributed by atoms with Gasteiger partial charge in [0.15, 0.2) is 0 Å². The first kappa shape index (κ1) is 37.4. The number of anilines is 3. The molecular formula is C61H42N2O. The SMILES string of the molecule is c1ccc(-n2c3ccccc3c3cc(-c4cccc(N(c5ccc(C(c6ccccc6)(c6ccccc6)c6ccccc6)cc5)c5ccc6oc7ccccc7c6c5)c4)ccc32)cc1. The van der Waals surface area contributed by atoms with Crippen molar-refractivity contribution in [2.24, 2.45) is 0 Å². The van der Waals surface area contributed by atoms with Crippen molar-refractivity contribution in [1.29, 1.82) is 0 Å². The van der Waals surface area contributed by atoms with Crippen LogP contribution >= 0.6 is 0 Å². The zero-order chi connectivity index (χ0) is 42.5. The monoisotopic (exact) mass is 818 g/mol. The molecule has 0 saturated carbocycles. The average molecular weight is 819 g/mol. The Labute approximate surface area is 372 Å². The van der Waals surface area contributed by atoms with Crippen molar-refractivity contribution >= 4 is 60.8 Å². The maximum atomic E-state index is 6.33. The molecule has 302 valence electrons. The maximum absolute atomic E-state index is 6.33. The molecule has 0 fully saturated rings. The van der Waals surface area contributed by atoms with Crippen LogP contribution in [0.25, 0.3) is 60.6 Å². The topological polar surface area (TPSA) is 21.3 Å². The second kappa shape index (κ2) is 15.5. The van der Waals surface area contributed by atoms with Crippen LogP contribution in [0.1, 0.15) is 22.3 Å². The van der Waals surface area contributed by atoms with Crippen molar-refractivity contribution in [1.82, 2.24) is 4.57 Å². The van der Waals surface area contributed by atoms with Crippen LogP contribution in [-0.4, -0.2) is 4.57 Å². The molecule has 3 nitrogen and oxygen atoms in total. The molecular weight excluding hydrogens is 777 g/mol. The average Bonchev–Trinajstić information content (AvgIpc) is 3.91. The van der Waals surface area contributed by atoms with Gasteiger partial charge in [0, 0.05) is 44.3 Å². The molecule has 0 aliphatic rings. The number of aromatic nitrogens is 1. The molecule has 2 heterocycles. The highest BCUT2D eigenvalue weighted by Crippen LogP contribution is 2.47. The van der Waals surface area contributed by atoms with Gasteiger partial charge in [-0.3, -0.25) is 0 Å². The molecule has 0 aliphatic carbocycles. The summed E-state index contributed by atoms with van der Waals surface area (Å²) in [5, 5.41) is 4.65. The normalized spacial score (nSPS) is 11.8. The lowest BCUT2D eigenvalue weighted by atomic mass is 9.65. The summed E-state index contributed by atoms with van der Waals surface area (Å²) in [4.78, 5) is 2.38. The third-order valence-electron chi connectivity index (χ3n) is 12.9. The van der Waals surface area contributed by atoms with Gasteiger partial charge >= 0.3 is 0 Å². The Morgan fingerprint density at radius 2 is 0.828 bits per heavy atom. The van der Waals surface area contributed by atoms with Gasteiger partial charge in [-0.05, 0) is 112 Å². The largest absolute Gasteiger partial charge is 0.456 e. The van der Waals surface area contributed by atoms with Crippen LogP contribution in [0.3, 0.4) is 0 Å². The van der Waals surface area contributed by atoms with Gasteiger partial charge in [0.2, 0.25) is 0 Å². The highest BCUT2D eigenvalue weighted by molar-refractivity contribution is 6.11. The summed E-state index contributed by atoms with van der Waals surface area (Å²) in [5.41, 5.74) is 15.0. The number of hydrogen-bond acceptors (Lipinski definition) is 2. The molecule has 0 spiro atoms. The summed E-state index contributed by atoms with van der Waals surface area (Å²) in [6.07, 6.45) is 0. The van der Waals surface area contributed by atoms with Crippen LogP contribution in [0.5, 0.6) is 0 Å². The Kier molecular flexibility index (Phi) is 9.05. The fourth-order valence-corrected chi connectivity index (χ4v) is 10.1. The van der Waals surface area contributed by atoms with E-state index in [1.54, 1.807) is 0 Å². The van der Waals surface area contributed by atoms with Crippen LogP contribution < -0.4 is 4.90 Å². The summed E-state index contributed by atoms with van der Waals surface area (Å²) in [6, 6.07) is 92.0. The van der Waals surface area contributed by atoms with E-state index in [1.165, 1.54) is 44.1 Å². The zero-order valence-corrected chi connectivity index (χ0v) is 35.1. The van der Waals surface area contributed by atoms with E-state index in [9.17, 15) is 0 Å². The van der Waals surface area contributed by atoms with E-state index in [1.807, 2.05) is 12.1 Å². The van der Waals surface area contributed by atoms with Crippen LogP contribution in [-0.2, 0) is 5.41 Å². The summed E-state index contributed by atoms with van der Waals surface area (Å²) >= 11 is 0. The Morgan fingerprint density at radius 1 is 0.312 bits per heavy atom. The number of benzene rings is 10. The van der Waals surface area contributed by atoms with Gasteiger partial charge in [-0.15, -0.1) is 0 Å². The number of rotatable bonds is 9. The lowest BCUT2D eigenvalue weighted by Crippen LogP contribution is -2.31. The zero-order valence-electron chi connectivity index (χ0n) is 35.1. The second-order valence-corrected chi connectivity index (χ2v) is 16.5.